The van der Waals surface area contributed by atoms with Crippen molar-refractivity contribution in [3.63, 3.8) is 0 Å². The minimum Gasteiger partial charge on any atom is -0.456 e. The van der Waals surface area contributed by atoms with Crippen LogP contribution in [0, 0.1) is 41.4 Å². The summed E-state index contributed by atoms with van der Waals surface area (Å²) < 4.78 is 37.6. The average Bonchev–Trinajstić information content (AvgIpc) is 3.64. The number of methoxy groups -OCH3 is 2. The zero-order valence-corrected chi connectivity index (χ0v) is 47.3. The Morgan fingerprint density at radius 2 is 1.52 bits per heavy atom. The number of ketones is 2. The van der Waals surface area contributed by atoms with Crippen LogP contribution in [-0.4, -0.2) is 135 Å². The Morgan fingerprint density at radius 1 is 0.877 bits per heavy atom. The van der Waals surface area contributed by atoms with Crippen LogP contribution < -0.4 is 0 Å². The van der Waals surface area contributed by atoms with Gasteiger partial charge in [0.15, 0.2) is 8.32 Å². The van der Waals surface area contributed by atoms with Gasteiger partial charge in [0.25, 0.3) is 23.5 Å². The number of hydroxylamine groups is 2. The second-order valence-electron chi connectivity index (χ2n) is 23.8. The summed E-state index contributed by atoms with van der Waals surface area (Å²) in [7, 11) is 0.343. The molecule has 17 nitrogen and oxygen atoms in total. The molecule has 3 saturated heterocycles. The summed E-state index contributed by atoms with van der Waals surface area (Å²) in [6.45, 7) is 24.3. The molecule has 1 saturated carbocycles. The summed E-state index contributed by atoms with van der Waals surface area (Å²) in [6, 6.07) is -1.15. The number of cyclic esters (lactones) is 1. The topological polar surface area (TPSA) is 211 Å². The number of hydrogen-bond donors (Lipinski definition) is 1. The molecule has 1 N–H and O–H groups in total. The third-order valence-corrected chi connectivity index (χ3v) is 21.5. The Hall–Kier alpha value is -3.81. The molecule has 0 aromatic rings. The van der Waals surface area contributed by atoms with Gasteiger partial charge in [-0.2, -0.15) is 0 Å². The molecule has 73 heavy (non-hydrogen) atoms. The normalized spacial score (nSPS) is 36.2. The Labute approximate surface area is 435 Å². The lowest BCUT2D eigenvalue weighted by molar-refractivity contribution is -0.302. The highest BCUT2D eigenvalue weighted by Gasteiger charge is 2.57. The molecule has 0 aromatic heterocycles. The average molecular weight is 1050 g/mol. The number of amides is 3. The van der Waals surface area contributed by atoms with Crippen molar-refractivity contribution in [3.05, 3.63) is 23.3 Å². The second-order valence-corrected chi connectivity index (χ2v) is 28.5. The SMILES string of the molecule is CO[C@H]1CC(C)C2(O)O[C@@H]1[C@@H](OC)C[C@@H](C)C/C(C)=C/[C@@H](CCOC(=O)ON1C(=O)CCC1=O)C(=O)CC(O[Si](C)(C)C(C)(C)C)[C@@H](C)[C@@H](/C(C)=C/C1CCC(C)C(C)C1)OC(=O)C1CCCCN1C(=O)C2=O. The van der Waals surface area contributed by atoms with Gasteiger partial charge in [-0.15, -0.1) is 0 Å². The van der Waals surface area contributed by atoms with Crippen molar-refractivity contribution in [2.24, 2.45) is 41.4 Å². The van der Waals surface area contributed by atoms with Crippen LogP contribution in [0.1, 0.15) is 153 Å². The highest BCUT2D eigenvalue weighted by molar-refractivity contribution is 6.74. The molecule has 18 heteroatoms. The lowest BCUT2D eigenvalue weighted by atomic mass is 9.75. The predicted octanol–water partition coefficient (Wildman–Crippen LogP) is 8.60. The number of esters is 1. The van der Waals surface area contributed by atoms with E-state index in [9.17, 15) is 33.9 Å². The van der Waals surface area contributed by atoms with Gasteiger partial charge in [0.1, 0.15) is 24.0 Å². The number of hydrogen-bond acceptors (Lipinski definition) is 15. The molecule has 412 valence electrons. The summed E-state index contributed by atoms with van der Waals surface area (Å²) >= 11 is 0. The fourth-order valence-corrected chi connectivity index (χ4v) is 12.6. The molecule has 4 fully saturated rings. The number of carbonyl (C=O) groups excluding carboxylic acids is 7. The number of piperidine rings is 1. The molecular weight excluding hydrogens is 957 g/mol. The molecule has 3 amide bonds. The van der Waals surface area contributed by atoms with Gasteiger partial charge >= 0.3 is 12.1 Å². The van der Waals surface area contributed by atoms with Gasteiger partial charge in [-0.1, -0.05) is 78.2 Å². The highest BCUT2D eigenvalue weighted by Crippen LogP contribution is 2.42. The third-order valence-electron chi connectivity index (χ3n) is 17.0. The van der Waals surface area contributed by atoms with Crippen LogP contribution in [0.5, 0.6) is 0 Å². The molecular formula is C55H88N2O15Si. The summed E-state index contributed by atoms with van der Waals surface area (Å²) in [6.07, 6.45) is 3.90. The van der Waals surface area contributed by atoms with Gasteiger partial charge in [0.2, 0.25) is 5.79 Å². The van der Waals surface area contributed by atoms with E-state index in [0.717, 1.165) is 30.4 Å². The van der Waals surface area contributed by atoms with Crippen molar-refractivity contribution >= 4 is 49.7 Å². The number of allylic oxidation sites excluding steroid dienone is 3. The number of fused-ring (bicyclic) bond motifs is 3. The summed E-state index contributed by atoms with van der Waals surface area (Å²) in [5.41, 5.74) is 1.63. The largest absolute Gasteiger partial charge is 0.533 e. The van der Waals surface area contributed by atoms with Crippen LogP contribution in [-0.2, 0) is 61.7 Å². The van der Waals surface area contributed by atoms with E-state index in [1.54, 1.807) is 6.92 Å². The molecule has 4 aliphatic heterocycles. The van der Waals surface area contributed by atoms with E-state index >= 15 is 4.79 Å². The first-order valence-corrected chi connectivity index (χ1v) is 29.8. The van der Waals surface area contributed by atoms with Crippen molar-refractivity contribution in [1.82, 2.24) is 9.96 Å². The zero-order chi connectivity index (χ0) is 54.3. The number of ether oxygens (including phenoxy) is 5. The van der Waals surface area contributed by atoms with E-state index in [1.165, 1.54) is 19.1 Å². The van der Waals surface area contributed by atoms with Gasteiger partial charge in [-0.05, 0) is 125 Å². The van der Waals surface area contributed by atoms with E-state index in [4.69, 9.17) is 32.9 Å². The summed E-state index contributed by atoms with van der Waals surface area (Å²) in [4.78, 5) is 103. The van der Waals surface area contributed by atoms with Crippen molar-refractivity contribution in [2.75, 3.05) is 27.4 Å². The molecule has 5 aliphatic rings. The first kappa shape index (κ1) is 60.1. The molecule has 0 radical (unpaired) electrons. The van der Waals surface area contributed by atoms with E-state index in [1.807, 2.05) is 33.8 Å². The standard InChI is InChI=1S/C55H88N2O15Si/c1-32-25-33(2)27-44(66-11)49-45(67-12)30-37(6)55(65,70-49)50(61)51(62)56-23-16-15-17-41(56)52(63)69-48(36(5)29-39-19-18-34(3)35(4)28-39)38(7)43(72-73(13,14)54(8,9)10)31-42(58)40(26-32)22-24-68-53(64)71-57-46(59)20-21-47(57)60/h26,29,33-35,37-41,43-45,48-49,65H,15-25,27-28,30-31H2,1-14H3/b32-26+,36-29+/t33-,34?,35?,37?,38+,39?,40+,41?,43?,44-,45-,48+,49+,55?/m0/s1. The van der Waals surface area contributed by atoms with Crippen molar-refractivity contribution in [3.8, 4) is 0 Å². The van der Waals surface area contributed by atoms with Gasteiger partial charge in [0.05, 0.1) is 24.9 Å². The van der Waals surface area contributed by atoms with Crippen molar-refractivity contribution in [2.45, 2.75) is 213 Å². The number of nitrogens with zero attached hydrogens (tertiary/aromatic N) is 2. The first-order chi connectivity index (χ1) is 34.1. The fourth-order valence-electron chi connectivity index (χ4n) is 11.2. The lowest BCUT2D eigenvalue weighted by Crippen LogP contribution is -2.64. The number of carbonyl (C=O) groups is 7. The third kappa shape index (κ3) is 14.8. The van der Waals surface area contributed by atoms with E-state index < -0.39 is 104 Å². The Morgan fingerprint density at radius 3 is 2.14 bits per heavy atom. The maximum absolute atomic E-state index is 15.2. The first-order valence-electron chi connectivity index (χ1n) is 26.9. The van der Waals surface area contributed by atoms with Crippen LogP contribution in [0.25, 0.3) is 0 Å². The number of rotatable bonds is 10. The molecule has 0 aromatic carbocycles. The number of aliphatic hydroxyl groups is 1. The van der Waals surface area contributed by atoms with Gasteiger partial charge < -0.3 is 38.1 Å². The fraction of sp³-hybridized carbons (Fsp3) is 0.800. The van der Waals surface area contributed by atoms with Crippen molar-refractivity contribution < 1.29 is 71.6 Å². The molecule has 0 spiro atoms. The maximum atomic E-state index is 15.2. The minimum atomic E-state index is -2.68. The van der Waals surface area contributed by atoms with Gasteiger partial charge in [-0.25, -0.2) is 9.59 Å². The smallest absolute Gasteiger partial charge is 0.456 e. The Balaban J connectivity index is 1.62. The molecule has 1 aliphatic carbocycles. The number of Topliss-reactive ketones (excluding diaryl/α,β-unsaturated/α-hetero) is 2. The minimum absolute atomic E-state index is 0.0286. The van der Waals surface area contributed by atoms with Crippen LogP contribution in [0.4, 0.5) is 4.79 Å². The van der Waals surface area contributed by atoms with E-state index in [-0.39, 0.29) is 74.3 Å². The summed E-state index contributed by atoms with van der Waals surface area (Å²) in [5.74, 6) is -8.12. The Kier molecular flexibility index (Phi) is 20.9. The van der Waals surface area contributed by atoms with Crippen LogP contribution in [0.3, 0.4) is 0 Å². The van der Waals surface area contributed by atoms with Gasteiger partial charge in [0, 0.05) is 57.8 Å². The molecule has 14 atom stereocenters. The van der Waals surface area contributed by atoms with Crippen LogP contribution in [0.2, 0.25) is 18.1 Å². The maximum Gasteiger partial charge on any atom is 0.533 e. The Bertz CT molecular complexity index is 2050. The summed E-state index contributed by atoms with van der Waals surface area (Å²) in [5, 5.41) is 12.4. The van der Waals surface area contributed by atoms with E-state index in [2.05, 4.69) is 53.8 Å². The zero-order valence-electron chi connectivity index (χ0n) is 46.3. The molecule has 7 unspecified atom stereocenters. The lowest BCUT2D eigenvalue weighted by Gasteiger charge is -2.47. The predicted molar refractivity (Wildman–Crippen MR) is 274 cm³/mol. The quantitative estimate of drug-likeness (QED) is 0.0714. The van der Waals surface area contributed by atoms with Crippen molar-refractivity contribution in [1.29, 1.82) is 0 Å². The highest BCUT2D eigenvalue weighted by atomic mass is 28.4. The molecule has 5 rings (SSSR count). The monoisotopic (exact) mass is 1040 g/mol. The van der Waals surface area contributed by atoms with Crippen LogP contribution in [0.15, 0.2) is 23.3 Å². The van der Waals surface area contributed by atoms with E-state index in [0.29, 0.717) is 42.6 Å². The van der Waals surface area contributed by atoms with Gasteiger partial charge in [-0.3, -0.25) is 28.8 Å². The second kappa shape index (κ2) is 25.4. The molecule has 2 bridgehead atoms. The molecule has 4 heterocycles. The van der Waals surface area contributed by atoms with Crippen LogP contribution >= 0.6 is 0 Å². The number of imide groups is 1.